The molecule has 0 fully saturated rings. The van der Waals surface area contributed by atoms with Gasteiger partial charge in [-0.3, -0.25) is 9.89 Å². The van der Waals surface area contributed by atoms with Crippen molar-refractivity contribution in [3.63, 3.8) is 0 Å². The third kappa shape index (κ3) is 2.53. The molecule has 1 heterocycles. The van der Waals surface area contributed by atoms with Gasteiger partial charge in [-0.1, -0.05) is 0 Å². The minimum Gasteiger partial charge on any atom is -0.322 e. The monoisotopic (exact) mass is 283 g/mol. The van der Waals surface area contributed by atoms with Crippen LogP contribution >= 0.6 is 11.8 Å². The summed E-state index contributed by atoms with van der Waals surface area (Å²) >= 11 is 1.65. The molecule has 2 aromatic carbocycles. The molecular formula is C15H13N3OS. The molecule has 2 N–H and O–H groups in total. The average Bonchev–Trinajstić information content (AvgIpc) is 2.95. The Labute approximate surface area is 120 Å². The van der Waals surface area contributed by atoms with Crippen LogP contribution in [-0.4, -0.2) is 22.4 Å². The number of amides is 1. The number of thioether (sulfide) groups is 1. The van der Waals surface area contributed by atoms with Crippen LogP contribution in [-0.2, 0) is 0 Å². The van der Waals surface area contributed by atoms with Gasteiger partial charge in [0, 0.05) is 21.5 Å². The summed E-state index contributed by atoms with van der Waals surface area (Å²) in [6, 6.07) is 13.2. The van der Waals surface area contributed by atoms with Gasteiger partial charge in [-0.05, 0) is 48.7 Å². The summed E-state index contributed by atoms with van der Waals surface area (Å²) in [6.07, 6.45) is 3.76. The molecule has 20 heavy (non-hydrogen) atoms. The van der Waals surface area contributed by atoms with Gasteiger partial charge < -0.3 is 5.32 Å². The van der Waals surface area contributed by atoms with Crippen LogP contribution in [0.5, 0.6) is 0 Å². The first kappa shape index (κ1) is 12.7. The Morgan fingerprint density at radius 2 is 2.00 bits per heavy atom. The zero-order chi connectivity index (χ0) is 13.9. The summed E-state index contributed by atoms with van der Waals surface area (Å²) in [5.41, 5.74) is 2.30. The Hall–Kier alpha value is -2.27. The molecule has 4 nitrogen and oxygen atoms in total. The highest BCUT2D eigenvalue weighted by Crippen LogP contribution is 2.18. The number of carbonyl (C=O) groups is 1. The van der Waals surface area contributed by atoms with E-state index in [0.717, 1.165) is 21.5 Å². The van der Waals surface area contributed by atoms with Gasteiger partial charge in [0.15, 0.2) is 0 Å². The van der Waals surface area contributed by atoms with Crippen LogP contribution in [0.2, 0.25) is 0 Å². The highest BCUT2D eigenvalue weighted by atomic mass is 32.2. The molecule has 5 heteroatoms. The van der Waals surface area contributed by atoms with E-state index in [9.17, 15) is 4.79 Å². The van der Waals surface area contributed by atoms with E-state index in [4.69, 9.17) is 0 Å². The number of carbonyl (C=O) groups excluding carboxylic acids is 1. The van der Waals surface area contributed by atoms with Crippen LogP contribution < -0.4 is 5.32 Å². The summed E-state index contributed by atoms with van der Waals surface area (Å²) in [6.45, 7) is 0. The molecule has 0 spiro atoms. The third-order valence-electron chi connectivity index (χ3n) is 3.05. The molecular weight excluding hydrogens is 270 g/mol. The van der Waals surface area contributed by atoms with E-state index in [1.165, 1.54) is 0 Å². The second-order valence-corrected chi connectivity index (χ2v) is 5.23. The minimum atomic E-state index is -0.114. The first-order chi connectivity index (χ1) is 9.76. The Kier molecular flexibility index (Phi) is 3.43. The largest absolute Gasteiger partial charge is 0.322 e. The number of aromatic nitrogens is 2. The summed E-state index contributed by atoms with van der Waals surface area (Å²) in [5.74, 6) is -0.114. The van der Waals surface area contributed by atoms with Crippen LogP contribution in [0.15, 0.2) is 53.6 Å². The number of hydrogen-bond donors (Lipinski definition) is 2. The third-order valence-corrected chi connectivity index (χ3v) is 3.80. The molecule has 0 bridgehead atoms. The van der Waals surface area contributed by atoms with Gasteiger partial charge in [-0.2, -0.15) is 5.10 Å². The lowest BCUT2D eigenvalue weighted by atomic mass is 10.2. The van der Waals surface area contributed by atoms with E-state index < -0.39 is 0 Å². The number of aromatic amines is 1. The molecule has 0 aliphatic heterocycles. The Balaban J connectivity index is 1.80. The Morgan fingerprint density at radius 3 is 2.75 bits per heavy atom. The van der Waals surface area contributed by atoms with Crippen molar-refractivity contribution in [2.45, 2.75) is 4.90 Å². The van der Waals surface area contributed by atoms with Crippen LogP contribution in [0.1, 0.15) is 10.4 Å². The van der Waals surface area contributed by atoms with Crippen molar-refractivity contribution in [1.29, 1.82) is 0 Å². The quantitative estimate of drug-likeness (QED) is 0.723. The van der Waals surface area contributed by atoms with E-state index in [0.29, 0.717) is 5.56 Å². The maximum absolute atomic E-state index is 12.1. The molecule has 100 valence electrons. The lowest BCUT2D eigenvalue weighted by molar-refractivity contribution is 0.102. The number of hydrogen-bond acceptors (Lipinski definition) is 3. The van der Waals surface area contributed by atoms with Crippen molar-refractivity contribution in [3.8, 4) is 0 Å². The van der Waals surface area contributed by atoms with Gasteiger partial charge >= 0.3 is 0 Å². The summed E-state index contributed by atoms with van der Waals surface area (Å²) < 4.78 is 0. The summed E-state index contributed by atoms with van der Waals surface area (Å²) in [7, 11) is 0. The van der Waals surface area contributed by atoms with E-state index >= 15 is 0 Å². The molecule has 1 amide bonds. The van der Waals surface area contributed by atoms with E-state index in [1.807, 2.05) is 48.7 Å². The van der Waals surface area contributed by atoms with Crippen LogP contribution in [0.25, 0.3) is 10.9 Å². The number of benzene rings is 2. The second-order valence-electron chi connectivity index (χ2n) is 4.35. The second kappa shape index (κ2) is 5.38. The molecule has 0 saturated heterocycles. The number of fused-ring (bicyclic) bond motifs is 1. The molecule has 3 rings (SSSR count). The number of anilines is 1. The number of rotatable bonds is 3. The number of nitrogens with zero attached hydrogens (tertiary/aromatic N) is 1. The molecule has 0 saturated carbocycles. The Bertz CT molecular complexity index is 749. The fourth-order valence-corrected chi connectivity index (χ4v) is 2.37. The van der Waals surface area contributed by atoms with Gasteiger partial charge in [0.1, 0.15) is 0 Å². The first-order valence-electron chi connectivity index (χ1n) is 6.15. The minimum absolute atomic E-state index is 0.114. The van der Waals surface area contributed by atoms with Gasteiger partial charge in [0.2, 0.25) is 0 Å². The lowest BCUT2D eigenvalue weighted by Crippen LogP contribution is -2.11. The molecule has 1 aromatic heterocycles. The SMILES string of the molecule is CSc1ccc(C(=O)Nc2ccc3cn[nH]c3c2)cc1. The van der Waals surface area contributed by atoms with Crippen molar-refractivity contribution >= 4 is 34.3 Å². The normalized spacial score (nSPS) is 10.7. The van der Waals surface area contributed by atoms with Gasteiger partial charge in [0.05, 0.1) is 11.7 Å². The molecule has 0 aliphatic rings. The summed E-state index contributed by atoms with van der Waals surface area (Å²) in [4.78, 5) is 13.3. The van der Waals surface area contributed by atoms with Gasteiger partial charge in [-0.25, -0.2) is 0 Å². The van der Waals surface area contributed by atoms with Gasteiger partial charge in [0.25, 0.3) is 5.91 Å². The topological polar surface area (TPSA) is 57.8 Å². The maximum atomic E-state index is 12.1. The zero-order valence-electron chi connectivity index (χ0n) is 10.9. The molecule has 0 atom stereocenters. The molecule has 0 unspecified atom stereocenters. The molecule has 0 aliphatic carbocycles. The fraction of sp³-hybridized carbons (Fsp3) is 0.0667. The molecule has 3 aromatic rings. The van der Waals surface area contributed by atoms with E-state index in [-0.39, 0.29) is 5.91 Å². The van der Waals surface area contributed by atoms with E-state index in [2.05, 4.69) is 15.5 Å². The maximum Gasteiger partial charge on any atom is 0.255 e. The van der Waals surface area contributed by atoms with Crippen molar-refractivity contribution in [2.75, 3.05) is 11.6 Å². The fourth-order valence-electron chi connectivity index (χ4n) is 1.96. The predicted octanol–water partition coefficient (Wildman–Crippen LogP) is 3.54. The molecule has 0 radical (unpaired) electrons. The van der Waals surface area contributed by atoms with Crippen molar-refractivity contribution in [2.24, 2.45) is 0 Å². The number of nitrogens with one attached hydrogen (secondary N) is 2. The number of H-pyrrole nitrogens is 1. The van der Waals surface area contributed by atoms with Crippen molar-refractivity contribution in [3.05, 3.63) is 54.2 Å². The highest BCUT2D eigenvalue weighted by Gasteiger charge is 2.06. The standard InChI is InChI=1S/C15H13N3OS/c1-20-13-6-3-10(4-7-13)15(19)17-12-5-2-11-9-16-18-14(11)8-12/h2-9H,1H3,(H,16,18)(H,17,19). The van der Waals surface area contributed by atoms with Crippen LogP contribution in [0.3, 0.4) is 0 Å². The van der Waals surface area contributed by atoms with Crippen LogP contribution in [0.4, 0.5) is 5.69 Å². The van der Waals surface area contributed by atoms with Crippen LogP contribution in [0, 0.1) is 0 Å². The van der Waals surface area contributed by atoms with E-state index in [1.54, 1.807) is 18.0 Å². The van der Waals surface area contributed by atoms with Gasteiger partial charge in [-0.15, -0.1) is 11.8 Å². The smallest absolute Gasteiger partial charge is 0.255 e. The van der Waals surface area contributed by atoms with Crippen molar-refractivity contribution in [1.82, 2.24) is 10.2 Å². The van der Waals surface area contributed by atoms with Crippen molar-refractivity contribution < 1.29 is 4.79 Å². The average molecular weight is 283 g/mol. The highest BCUT2D eigenvalue weighted by molar-refractivity contribution is 7.98. The summed E-state index contributed by atoms with van der Waals surface area (Å²) in [5, 5.41) is 10.7. The predicted molar refractivity (Wildman–Crippen MR) is 82.3 cm³/mol. The first-order valence-corrected chi connectivity index (χ1v) is 7.37. The lowest BCUT2D eigenvalue weighted by Gasteiger charge is -2.06. The Morgan fingerprint density at radius 1 is 1.20 bits per heavy atom. The zero-order valence-corrected chi connectivity index (χ0v) is 11.7.